The fourth-order valence-corrected chi connectivity index (χ4v) is 2.00. The Hall–Kier alpha value is -2.18. The van der Waals surface area contributed by atoms with Crippen molar-refractivity contribution < 1.29 is 14.3 Å². The van der Waals surface area contributed by atoms with E-state index in [0.717, 1.165) is 0 Å². The molecule has 2 heterocycles. The SMILES string of the molecule is CC(C)(C)OC(=O)N1CCN(c2nccc(C=O)n2)CC1. The van der Waals surface area contributed by atoms with Crippen LogP contribution in [0.25, 0.3) is 0 Å². The number of amides is 1. The summed E-state index contributed by atoms with van der Waals surface area (Å²) in [5.74, 6) is 0.517. The fraction of sp³-hybridized carbons (Fsp3) is 0.571. The third-order valence-electron chi connectivity index (χ3n) is 3.00. The van der Waals surface area contributed by atoms with Gasteiger partial charge in [-0.1, -0.05) is 0 Å². The predicted molar refractivity (Wildman–Crippen MR) is 77.4 cm³/mol. The first-order valence-electron chi connectivity index (χ1n) is 6.90. The van der Waals surface area contributed by atoms with Crippen LogP contribution in [0.5, 0.6) is 0 Å². The highest BCUT2D eigenvalue weighted by atomic mass is 16.6. The van der Waals surface area contributed by atoms with Gasteiger partial charge >= 0.3 is 6.09 Å². The molecule has 0 aliphatic carbocycles. The molecule has 1 saturated heterocycles. The Labute approximate surface area is 123 Å². The molecule has 0 aromatic carbocycles. The van der Waals surface area contributed by atoms with E-state index in [1.54, 1.807) is 17.2 Å². The Bertz CT molecular complexity index is 519. The summed E-state index contributed by atoms with van der Waals surface area (Å²) in [6, 6.07) is 1.56. The van der Waals surface area contributed by atoms with Gasteiger partial charge in [0.15, 0.2) is 6.29 Å². The number of ether oxygens (including phenoxy) is 1. The molecule has 1 fully saturated rings. The molecule has 0 bridgehead atoms. The Morgan fingerprint density at radius 3 is 2.52 bits per heavy atom. The van der Waals surface area contributed by atoms with Gasteiger partial charge in [0.1, 0.15) is 11.3 Å². The molecule has 2 rings (SSSR count). The van der Waals surface area contributed by atoms with Gasteiger partial charge < -0.3 is 14.5 Å². The smallest absolute Gasteiger partial charge is 0.410 e. The van der Waals surface area contributed by atoms with Crippen molar-refractivity contribution in [3.8, 4) is 0 Å². The Kier molecular flexibility index (Phi) is 4.40. The topological polar surface area (TPSA) is 75.6 Å². The number of nitrogens with zero attached hydrogens (tertiary/aromatic N) is 4. The third-order valence-corrected chi connectivity index (χ3v) is 3.00. The highest BCUT2D eigenvalue weighted by Crippen LogP contribution is 2.14. The van der Waals surface area contributed by atoms with Gasteiger partial charge in [-0.25, -0.2) is 14.8 Å². The van der Waals surface area contributed by atoms with Crippen molar-refractivity contribution in [2.75, 3.05) is 31.1 Å². The number of hydrogen-bond acceptors (Lipinski definition) is 6. The summed E-state index contributed by atoms with van der Waals surface area (Å²) in [5, 5.41) is 0. The third kappa shape index (κ3) is 4.14. The van der Waals surface area contributed by atoms with Crippen molar-refractivity contribution in [1.29, 1.82) is 0 Å². The van der Waals surface area contributed by atoms with Crippen molar-refractivity contribution in [3.05, 3.63) is 18.0 Å². The van der Waals surface area contributed by atoms with E-state index in [9.17, 15) is 9.59 Å². The summed E-state index contributed by atoms with van der Waals surface area (Å²) >= 11 is 0. The average Bonchev–Trinajstić information content (AvgIpc) is 2.46. The number of carbonyl (C=O) groups is 2. The molecule has 7 heteroatoms. The lowest BCUT2D eigenvalue weighted by Gasteiger charge is -2.35. The van der Waals surface area contributed by atoms with Crippen LogP contribution in [0.1, 0.15) is 31.3 Å². The maximum atomic E-state index is 12.0. The minimum atomic E-state index is -0.490. The van der Waals surface area contributed by atoms with Crippen LogP contribution in [0, 0.1) is 0 Å². The van der Waals surface area contributed by atoms with Crippen LogP contribution in [-0.4, -0.2) is 59.0 Å². The normalized spacial score (nSPS) is 15.8. The first-order chi connectivity index (χ1) is 9.89. The Morgan fingerprint density at radius 1 is 1.29 bits per heavy atom. The van der Waals surface area contributed by atoms with Crippen molar-refractivity contribution >= 4 is 18.3 Å². The van der Waals surface area contributed by atoms with Gasteiger partial charge in [0.2, 0.25) is 5.95 Å². The van der Waals surface area contributed by atoms with E-state index in [4.69, 9.17) is 4.74 Å². The number of aldehydes is 1. The summed E-state index contributed by atoms with van der Waals surface area (Å²) in [5.41, 5.74) is -0.134. The summed E-state index contributed by atoms with van der Waals surface area (Å²) in [6.45, 7) is 7.86. The van der Waals surface area contributed by atoms with Crippen LogP contribution >= 0.6 is 0 Å². The molecule has 1 aliphatic rings. The largest absolute Gasteiger partial charge is 0.444 e. The molecular weight excluding hydrogens is 272 g/mol. The lowest BCUT2D eigenvalue weighted by atomic mass is 10.2. The molecule has 0 unspecified atom stereocenters. The highest BCUT2D eigenvalue weighted by molar-refractivity contribution is 5.72. The quantitative estimate of drug-likeness (QED) is 0.766. The van der Waals surface area contributed by atoms with E-state index in [0.29, 0.717) is 44.1 Å². The lowest BCUT2D eigenvalue weighted by Crippen LogP contribution is -2.50. The Balaban J connectivity index is 1.93. The van der Waals surface area contributed by atoms with E-state index in [2.05, 4.69) is 9.97 Å². The molecule has 0 N–H and O–H groups in total. The van der Waals surface area contributed by atoms with Gasteiger partial charge in [-0.3, -0.25) is 4.79 Å². The van der Waals surface area contributed by atoms with Crippen LogP contribution < -0.4 is 4.90 Å². The molecule has 0 spiro atoms. The van der Waals surface area contributed by atoms with E-state index < -0.39 is 5.60 Å². The molecule has 1 aromatic heterocycles. The first kappa shape index (κ1) is 15.2. The zero-order chi connectivity index (χ0) is 15.5. The summed E-state index contributed by atoms with van der Waals surface area (Å²) in [6.07, 6.45) is 1.96. The minimum absolute atomic E-state index is 0.301. The van der Waals surface area contributed by atoms with Gasteiger partial charge in [0.25, 0.3) is 0 Å². The molecule has 0 atom stereocenters. The second-order valence-electron chi connectivity index (χ2n) is 5.85. The maximum absolute atomic E-state index is 12.0. The average molecular weight is 292 g/mol. The van der Waals surface area contributed by atoms with E-state index in [-0.39, 0.29) is 6.09 Å². The van der Waals surface area contributed by atoms with Crippen molar-refractivity contribution in [1.82, 2.24) is 14.9 Å². The summed E-state index contributed by atoms with van der Waals surface area (Å²) in [7, 11) is 0. The molecule has 7 nitrogen and oxygen atoms in total. The predicted octanol–water partition coefficient (Wildman–Crippen LogP) is 1.35. The van der Waals surface area contributed by atoms with Crippen LogP contribution in [-0.2, 0) is 4.74 Å². The van der Waals surface area contributed by atoms with E-state index >= 15 is 0 Å². The number of aromatic nitrogens is 2. The summed E-state index contributed by atoms with van der Waals surface area (Å²) in [4.78, 5) is 34.6. The summed E-state index contributed by atoms with van der Waals surface area (Å²) < 4.78 is 5.35. The number of carbonyl (C=O) groups excluding carboxylic acids is 2. The molecule has 0 saturated carbocycles. The van der Waals surface area contributed by atoms with Gasteiger partial charge in [-0.2, -0.15) is 0 Å². The lowest BCUT2D eigenvalue weighted by molar-refractivity contribution is 0.0240. The standard InChI is InChI=1S/C14H20N4O3/c1-14(2,3)21-13(20)18-8-6-17(7-9-18)12-15-5-4-11(10-19)16-12/h4-5,10H,6-9H2,1-3H3. The van der Waals surface area contributed by atoms with Gasteiger partial charge in [-0.05, 0) is 26.8 Å². The number of piperazine rings is 1. The monoisotopic (exact) mass is 292 g/mol. The fourth-order valence-electron chi connectivity index (χ4n) is 2.00. The number of anilines is 1. The number of hydrogen-bond donors (Lipinski definition) is 0. The highest BCUT2D eigenvalue weighted by Gasteiger charge is 2.26. The maximum Gasteiger partial charge on any atom is 0.410 e. The molecule has 1 aromatic rings. The number of rotatable bonds is 2. The van der Waals surface area contributed by atoms with Crippen LogP contribution in [0.15, 0.2) is 12.3 Å². The van der Waals surface area contributed by atoms with Crippen LogP contribution in [0.2, 0.25) is 0 Å². The second kappa shape index (κ2) is 6.07. The van der Waals surface area contributed by atoms with Gasteiger partial charge in [0, 0.05) is 32.4 Å². The Morgan fingerprint density at radius 2 is 1.95 bits per heavy atom. The zero-order valence-corrected chi connectivity index (χ0v) is 12.6. The van der Waals surface area contributed by atoms with Gasteiger partial charge in [0.05, 0.1) is 0 Å². The minimum Gasteiger partial charge on any atom is -0.444 e. The van der Waals surface area contributed by atoms with Crippen LogP contribution in [0.3, 0.4) is 0 Å². The van der Waals surface area contributed by atoms with Crippen LogP contribution in [0.4, 0.5) is 10.7 Å². The van der Waals surface area contributed by atoms with E-state index in [1.165, 1.54) is 0 Å². The molecule has 1 aliphatic heterocycles. The van der Waals surface area contributed by atoms with Crippen molar-refractivity contribution in [3.63, 3.8) is 0 Å². The zero-order valence-electron chi connectivity index (χ0n) is 12.6. The molecule has 21 heavy (non-hydrogen) atoms. The second-order valence-corrected chi connectivity index (χ2v) is 5.85. The molecular formula is C14H20N4O3. The molecule has 0 radical (unpaired) electrons. The van der Waals surface area contributed by atoms with Crippen molar-refractivity contribution in [2.24, 2.45) is 0 Å². The first-order valence-corrected chi connectivity index (χ1v) is 6.90. The van der Waals surface area contributed by atoms with Gasteiger partial charge in [-0.15, -0.1) is 0 Å². The molecule has 1 amide bonds. The van der Waals surface area contributed by atoms with E-state index in [1.807, 2.05) is 25.7 Å². The van der Waals surface area contributed by atoms with Crippen molar-refractivity contribution in [2.45, 2.75) is 26.4 Å². The molecule has 114 valence electrons.